The molecule has 5 nitrogen and oxygen atoms in total. The van der Waals surface area contributed by atoms with E-state index in [0.717, 1.165) is 22.2 Å². The number of aromatic nitrogens is 2. The van der Waals surface area contributed by atoms with Gasteiger partial charge in [0.25, 0.3) is 0 Å². The van der Waals surface area contributed by atoms with E-state index in [1.54, 1.807) is 6.92 Å². The van der Waals surface area contributed by atoms with E-state index in [9.17, 15) is 4.79 Å². The first-order valence-electron chi connectivity index (χ1n) is 7.52. The van der Waals surface area contributed by atoms with E-state index in [0.29, 0.717) is 17.6 Å². The Hall–Kier alpha value is -2.79. The highest BCUT2D eigenvalue weighted by atomic mass is 35.5. The molecule has 3 rings (SSSR count). The van der Waals surface area contributed by atoms with E-state index >= 15 is 0 Å². The van der Waals surface area contributed by atoms with E-state index in [1.165, 1.54) is 0 Å². The minimum Gasteiger partial charge on any atom is -0.450 e. The molecular weight excluding hydrogens is 326 g/mol. The van der Waals surface area contributed by atoms with Crippen LogP contribution in [0.15, 0.2) is 42.5 Å². The smallest absolute Gasteiger partial charge is 0.413 e. The van der Waals surface area contributed by atoms with Crippen LogP contribution in [-0.4, -0.2) is 22.7 Å². The first-order chi connectivity index (χ1) is 11.7. The van der Waals surface area contributed by atoms with Crippen molar-refractivity contribution in [1.29, 1.82) is 0 Å². The summed E-state index contributed by atoms with van der Waals surface area (Å²) < 4.78 is 4.83. The van der Waals surface area contributed by atoms with E-state index in [4.69, 9.17) is 16.3 Å². The van der Waals surface area contributed by atoms with Crippen LogP contribution in [0.4, 0.5) is 10.7 Å². The third-order valence-corrected chi connectivity index (χ3v) is 3.71. The highest BCUT2D eigenvalue weighted by molar-refractivity contribution is 6.32. The Balaban J connectivity index is 1.81. The second-order valence-corrected chi connectivity index (χ2v) is 5.47. The third kappa shape index (κ3) is 3.75. The summed E-state index contributed by atoms with van der Waals surface area (Å²) in [5, 5.41) is 3.26. The summed E-state index contributed by atoms with van der Waals surface area (Å²) in [4.78, 5) is 18.8. The summed E-state index contributed by atoms with van der Waals surface area (Å²) in [5.41, 5.74) is 3.53. The number of hydrogen-bond acceptors (Lipinski definition) is 3. The predicted octanol–water partition coefficient (Wildman–Crippen LogP) is 4.96. The highest BCUT2D eigenvalue weighted by Gasteiger charge is 2.07. The molecule has 1 amide bonds. The van der Waals surface area contributed by atoms with Crippen molar-refractivity contribution in [2.45, 2.75) is 6.92 Å². The van der Waals surface area contributed by atoms with Gasteiger partial charge in [0.2, 0.25) is 5.95 Å². The minimum absolute atomic E-state index is 0.309. The molecule has 0 unspecified atom stereocenters. The molecule has 0 aliphatic rings. The van der Waals surface area contributed by atoms with Gasteiger partial charge in [-0.15, -0.1) is 0 Å². The van der Waals surface area contributed by atoms with Crippen molar-refractivity contribution in [3.05, 3.63) is 58.6 Å². The Morgan fingerprint density at radius 2 is 2.12 bits per heavy atom. The SMILES string of the molecule is CCOC(=O)Nc1nc2ccc(/C=C/c3ccccc3Cl)cc2[nH]1. The fourth-order valence-electron chi connectivity index (χ4n) is 2.25. The molecule has 0 saturated carbocycles. The predicted molar refractivity (Wildman–Crippen MR) is 97.1 cm³/mol. The maximum absolute atomic E-state index is 11.4. The molecule has 2 aromatic carbocycles. The van der Waals surface area contributed by atoms with Crippen LogP contribution in [0, 0.1) is 0 Å². The summed E-state index contributed by atoms with van der Waals surface area (Å²) in [6.45, 7) is 2.05. The Morgan fingerprint density at radius 3 is 2.92 bits per heavy atom. The van der Waals surface area contributed by atoms with Gasteiger partial charge in [0.1, 0.15) is 0 Å². The summed E-state index contributed by atoms with van der Waals surface area (Å²) in [6, 6.07) is 13.4. The molecular formula is C18H16ClN3O2. The summed E-state index contributed by atoms with van der Waals surface area (Å²) in [5.74, 6) is 0.357. The number of rotatable bonds is 4. The number of nitrogens with zero attached hydrogens (tertiary/aromatic N) is 1. The van der Waals surface area contributed by atoms with Crippen LogP contribution in [0.1, 0.15) is 18.1 Å². The van der Waals surface area contributed by atoms with Crippen molar-refractivity contribution in [1.82, 2.24) is 9.97 Å². The maximum atomic E-state index is 11.4. The van der Waals surface area contributed by atoms with Gasteiger partial charge in [-0.1, -0.05) is 48.0 Å². The normalized spacial score (nSPS) is 11.1. The molecule has 0 aliphatic heterocycles. The zero-order valence-electron chi connectivity index (χ0n) is 13.0. The van der Waals surface area contributed by atoms with Crippen molar-refractivity contribution in [3.8, 4) is 0 Å². The van der Waals surface area contributed by atoms with Gasteiger partial charge >= 0.3 is 6.09 Å². The van der Waals surface area contributed by atoms with E-state index in [1.807, 2.05) is 54.6 Å². The number of imidazole rings is 1. The Kier molecular flexibility index (Phi) is 4.82. The van der Waals surface area contributed by atoms with Crippen molar-refractivity contribution >= 4 is 46.8 Å². The topological polar surface area (TPSA) is 67.0 Å². The number of amides is 1. The number of hydrogen-bond donors (Lipinski definition) is 2. The fraction of sp³-hybridized carbons (Fsp3) is 0.111. The number of carbonyl (C=O) groups excluding carboxylic acids is 1. The molecule has 6 heteroatoms. The average molecular weight is 342 g/mol. The van der Waals surface area contributed by atoms with Crippen LogP contribution in [0.5, 0.6) is 0 Å². The molecule has 0 bridgehead atoms. The third-order valence-electron chi connectivity index (χ3n) is 3.36. The summed E-state index contributed by atoms with van der Waals surface area (Å²) in [6.07, 6.45) is 3.40. The van der Waals surface area contributed by atoms with E-state index < -0.39 is 6.09 Å². The van der Waals surface area contributed by atoms with Crippen molar-refractivity contribution < 1.29 is 9.53 Å². The number of nitrogens with one attached hydrogen (secondary N) is 2. The van der Waals surface area contributed by atoms with E-state index in [-0.39, 0.29) is 0 Å². The second-order valence-electron chi connectivity index (χ2n) is 5.06. The van der Waals surface area contributed by atoms with Gasteiger partial charge in [0.15, 0.2) is 0 Å². The number of benzene rings is 2. The van der Waals surface area contributed by atoms with Crippen LogP contribution >= 0.6 is 11.6 Å². The molecule has 0 saturated heterocycles. The second kappa shape index (κ2) is 7.19. The largest absolute Gasteiger partial charge is 0.450 e. The molecule has 3 aromatic rings. The summed E-state index contributed by atoms with van der Waals surface area (Å²) in [7, 11) is 0. The lowest BCUT2D eigenvalue weighted by Gasteiger charge is -2.00. The molecule has 0 aliphatic carbocycles. The zero-order chi connectivity index (χ0) is 16.9. The maximum Gasteiger partial charge on any atom is 0.413 e. The number of H-pyrrole nitrogens is 1. The minimum atomic E-state index is -0.532. The molecule has 24 heavy (non-hydrogen) atoms. The van der Waals surface area contributed by atoms with Gasteiger partial charge in [-0.3, -0.25) is 5.32 Å². The van der Waals surface area contributed by atoms with Gasteiger partial charge in [-0.05, 0) is 36.2 Å². The molecule has 2 N–H and O–H groups in total. The van der Waals surface area contributed by atoms with Crippen LogP contribution in [0.2, 0.25) is 5.02 Å². The number of halogens is 1. The van der Waals surface area contributed by atoms with Crippen LogP contribution in [0.3, 0.4) is 0 Å². The average Bonchev–Trinajstić information content (AvgIpc) is 2.95. The number of ether oxygens (including phenoxy) is 1. The van der Waals surface area contributed by atoms with Gasteiger partial charge < -0.3 is 9.72 Å². The van der Waals surface area contributed by atoms with Crippen molar-refractivity contribution in [3.63, 3.8) is 0 Å². The van der Waals surface area contributed by atoms with Gasteiger partial charge in [-0.25, -0.2) is 9.78 Å². The number of fused-ring (bicyclic) bond motifs is 1. The van der Waals surface area contributed by atoms with Crippen molar-refractivity contribution in [2.24, 2.45) is 0 Å². The van der Waals surface area contributed by atoms with Crippen LogP contribution < -0.4 is 5.32 Å². The Labute approximate surface area is 144 Å². The molecule has 1 heterocycles. The van der Waals surface area contributed by atoms with Gasteiger partial charge in [0, 0.05) is 5.02 Å². The number of aromatic amines is 1. The van der Waals surface area contributed by atoms with Crippen molar-refractivity contribution in [2.75, 3.05) is 11.9 Å². The standard InChI is InChI=1S/C18H16ClN3O2/c1-2-24-18(23)22-17-20-15-10-8-12(11-16(15)21-17)7-9-13-5-3-4-6-14(13)19/h3-11H,2H2,1H3,(H2,20,21,22,23)/b9-7+. The Morgan fingerprint density at radius 1 is 1.29 bits per heavy atom. The van der Waals surface area contributed by atoms with Gasteiger partial charge in [-0.2, -0.15) is 0 Å². The lowest BCUT2D eigenvalue weighted by Crippen LogP contribution is -2.14. The zero-order valence-corrected chi connectivity index (χ0v) is 13.8. The lowest BCUT2D eigenvalue weighted by atomic mass is 10.1. The number of carbonyl (C=O) groups is 1. The van der Waals surface area contributed by atoms with Crippen LogP contribution in [0.25, 0.3) is 23.2 Å². The first-order valence-corrected chi connectivity index (χ1v) is 7.89. The van der Waals surface area contributed by atoms with Gasteiger partial charge in [0.05, 0.1) is 17.6 Å². The molecule has 122 valence electrons. The summed E-state index contributed by atoms with van der Waals surface area (Å²) >= 11 is 6.14. The first kappa shape index (κ1) is 16.1. The monoisotopic (exact) mass is 341 g/mol. The molecule has 0 fully saturated rings. The molecule has 0 spiro atoms. The van der Waals surface area contributed by atoms with E-state index in [2.05, 4.69) is 15.3 Å². The van der Waals surface area contributed by atoms with Crippen LogP contribution in [-0.2, 0) is 4.74 Å². The molecule has 1 aromatic heterocycles. The number of anilines is 1. The quantitative estimate of drug-likeness (QED) is 0.659. The highest BCUT2D eigenvalue weighted by Crippen LogP contribution is 2.20. The lowest BCUT2D eigenvalue weighted by molar-refractivity contribution is 0.167. The Bertz CT molecular complexity index is 902. The molecule has 0 atom stereocenters. The fourth-order valence-corrected chi connectivity index (χ4v) is 2.45. The molecule has 0 radical (unpaired) electrons.